The Morgan fingerprint density at radius 2 is 2.00 bits per heavy atom. The summed E-state index contributed by atoms with van der Waals surface area (Å²) >= 11 is 11.6. The van der Waals surface area contributed by atoms with E-state index in [4.69, 9.17) is 28.3 Å². The van der Waals surface area contributed by atoms with Crippen molar-refractivity contribution in [2.45, 2.75) is 0 Å². The number of carboxylic acids is 1. The van der Waals surface area contributed by atoms with Gasteiger partial charge in [-0.25, -0.2) is 4.79 Å². The van der Waals surface area contributed by atoms with E-state index in [2.05, 4.69) is 15.0 Å². The molecule has 98 valence electrons. The molecule has 0 aliphatic heterocycles. The molecule has 8 heteroatoms. The number of hydrogen-bond acceptors (Lipinski definition) is 4. The standard InChI is InChI=1S/C11H6Cl2N2O4/c12-5-1-2-6(13)7(3-5)14-10(16)8-4-9(11(17)18)19-15-8/h1-4H,(H,14,16)(H,17,18). The maximum atomic E-state index is 11.8. The van der Waals surface area contributed by atoms with E-state index >= 15 is 0 Å². The highest BCUT2D eigenvalue weighted by molar-refractivity contribution is 6.35. The highest BCUT2D eigenvalue weighted by Crippen LogP contribution is 2.25. The van der Waals surface area contributed by atoms with Gasteiger partial charge < -0.3 is 14.9 Å². The number of carbonyl (C=O) groups is 2. The minimum absolute atomic E-state index is 0.173. The van der Waals surface area contributed by atoms with E-state index in [1.807, 2.05) is 0 Å². The summed E-state index contributed by atoms with van der Waals surface area (Å²) in [6.07, 6.45) is 0. The maximum Gasteiger partial charge on any atom is 0.374 e. The summed E-state index contributed by atoms with van der Waals surface area (Å²) in [5.41, 5.74) is 0.118. The van der Waals surface area contributed by atoms with Crippen LogP contribution in [0.2, 0.25) is 10.0 Å². The van der Waals surface area contributed by atoms with Crippen LogP contribution in [0.3, 0.4) is 0 Å². The van der Waals surface area contributed by atoms with Crippen LogP contribution in [0, 0.1) is 0 Å². The SMILES string of the molecule is O=C(Nc1cc(Cl)ccc1Cl)c1cc(C(=O)O)on1. The van der Waals surface area contributed by atoms with E-state index in [1.54, 1.807) is 6.07 Å². The molecule has 1 amide bonds. The lowest BCUT2D eigenvalue weighted by atomic mass is 10.3. The summed E-state index contributed by atoms with van der Waals surface area (Å²) in [6, 6.07) is 5.55. The second-order valence-corrected chi connectivity index (χ2v) is 4.30. The van der Waals surface area contributed by atoms with Gasteiger partial charge in [0, 0.05) is 11.1 Å². The van der Waals surface area contributed by atoms with Crippen LogP contribution >= 0.6 is 23.2 Å². The van der Waals surface area contributed by atoms with Gasteiger partial charge in [-0.15, -0.1) is 0 Å². The molecule has 0 fully saturated rings. The Morgan fingerprint density at radius 1 is 1.26 bits per heavy atom. The average molecular weight is 301 g/mol. The van der Waals surface area contributed by atoms with Crippen LogP contribution in [-0.4, -0.2) is 22.1 Å². The fourth-order valence-electron chi connectivity index (χ4n) is 1.26. The number of carbonyl (C=O) groups excluding carboxylic acids is 1. The van der Waals surface area contributed by atoms with Crippen LogP contribution in [0.4, 0.5) is 5.69 Å². The number of anilines is 1. The molecular formula is C11H6Cl2N2O4. The van der Waals surface area contributed by atoms with Gasteiger partial charge in [0.25, 0.3) is 5.91 Å². The highest BCUT2D eigenvalue weighted by Gasteiger charge is 2.17. The lowest BCUT2D eigenvalue weighted by Crippen LogP contribution is -2.12. The minimum Gasteiger partial charge on any atom is -0.475 e. The third-order valence-electron chi connectivity index (χ3n) is 2.13. The molecule has 2 N–H and O–H groups in total. The van der Waals surface area contributed by atoms with Gasteiger partial charge in [0.2, 0.25) is 5.76 Å². The normalized spacial score (nSPS) is 10.2. The van der Waals surface area contributed by atoms with Gasteiger partial charge in [-0.2, -0.15) is 0 Å². The second kappa shape index (κ2) is 5.29. The molecule has 0 aliphatic carbocycles. The van der Waals surface area contributed by atoms with Crippen molar-refractivity contribution in [3.63, 3.8) is 0 Å². The van der Waals surface area contributed by atoms with E-state index in [-0.39, 0.29) is 5.69 Å². The maximum absolute atomic E-state index is 11.8. The number of aromatic carboxylic acids is 1. The minimum atomic E-state index is -1.31. The van der Waals surface area contributed by atoms with Crippen molar-refractivity contribution >= 4 is 40.8 Å². The number of nitrogens with zero attached hydrogens (tertiary/aromatic N) is 1. The summed E-state index contributed by atoms with van der Waals surface area (Å²) < 4.78 is 4.47. The zero-order chi connectivity index (χ0) is 14.0. The van der Waals surface area contributed by atoms with Crippen molar-refractivity contribution < 1.29 is 19.2 Å². The van der Waals surface area contributed by atoms with Crippen LogP contribution < -0.4 is 5.32 Å². The van der Waals surface area contributed by atoms with E-state index < -0.39 is 17.6 Å². The number of aromatic nitrogens is 1. The first-order valence-corrected chi connectivity index (χ1v) is 5.69. The van der Waals surface area contributed by atoms with Gasteiger partial charge in [-0.05, 0) is 18.2 Å². The third kappa shape index (κ3) is 3.04. The molecule has 0 bridgehead atoms. The van der Waals surface area contributed by atoms with Crippen LogP contribution in [0.15, 0.2) is 28.8 Å². The summed E-state index contributed by atoms with van der Waals surface area (Å²) in [5, 5.41) is 15.1. The number of halogens is 2. The summed E-state index contributed by atoms with van der Waals surface area (Å²) in [5.74, 6) is -2.39. The second-order valence-electron chi connectivity index (χ2n) is 3.46. The van der Waals surface area contributed by atoms with Gasteiger partial charge in [-0.1, -0.05) is 28.4 Å². The largest absolute Gasteiger partial charge is 0.475 e. The molecule has 0 unspecified atom stereocenters. The molecule has 0 spiro atoms. The molecule has 6 nitrogen and oxygen atoms in total. The molecule has 1 aromatic carbocycles. The Hall–Kier alpha value is -2.05. The predicted octanol–water partition coefficient (Wildman–Crippen LogP) is 2.93. The molecule has 0 aliphatic rings. The Balaban J connectivity index is 2.20. The van der Waals surface area contributed by atoms with Crippen LogP contribution in [-0.2, 0) is 0 Å². The Morgan fingerprint density at radius 3 is 2.63 bits per heavy atom. The third-order valence-corrected chi connectivity index (χ3v) is 2.69. The smallest absolute Gasteiger partial charge is 0.374 e. The van der Waals surface area contributed by atoms with Gasteiger partial charge in [0.05, 0.1) is 10.7 Å². The lowest BCUT2D eigenvalue weighted by molar-refractivity contribution is 0.0651. The molecule has 1 heterocycles. The first-order chi connectivity index (χ1) is 8.97. The first kappa shape index (κ1) is 13.4. The number of nitrogens with one attached hydrogen (secondary N) is 1. The van der Waals surface area contributed by atoms with Crippen molar-refractivity contribution in [1.82, 2.24) is 5.16 Å². The number of benzene rings is 1. The van der Waals surface area contributed by atoms with E-state index in [0.29, 0.717) is 15.7 Å². The van der Waals surface area contributed by atoms with Gasteiger partial charge >= 0.3 is 5.97 Å². The zero-order valence-electron chi connectivity index (χ0n) is 9.18. The Kier molecular flexibility index (Phi) is 3.73. The molecule has 2 aromatic rings. The average Bonchev–Trinajstić information content (AvgIpc) is 2.83. The van der Waals surface area contributed by atoms with Gasteiger partial charge in [0.15, 0.2) is 5.69 Å². The van der Waals surface area contributed by atoms with Crippen LogP contribution in [0.5, 0.6) is 0 Å². The van der Waals surface area contributed by atoms with Crippen LogP contribution in [0.25, 0.3) is 0 Å². The van der Waals surface area contributed by atoms with Crippen molar-refractivity contribution in [2.75, 3.05) is 5.32 Å². The van der Waals surface area contributed by atoms with E-state index in [9.17, 15) is 9.59 Å². The van der Waals surface area contributed by atoms with Gasteiger partial charge in [0.1, 0.15) is 0 Å². The van der Waals surface area contributed by atoms with Crippen molar-refractivity contribution in [2.24, 2.45) is 0 Å². The van der Waals surface area contributed by atoms with E-state index in [0.717, 1.165) is 6.07 Å². The van der Waals surface area contributed by atoms with E-state index in [1.165, 1.54) is 12.1 Å². The van der Waals surface area contributed by atoms with Crippen molar-refractivity contribution in [1.29, 1.82) is 0 Å². The summed E-state index contributed by atoms with van der Waals surface area (Å²) in [6.45, 7) is 0. The number of rotatable bonds is 3. The zero-order valence-corrected chi connectivity index (χ0v) is 10.7. The lowest BCUT2D eigenvalue weighted by Gasteiger charge is -2.05. The fraction of sp³-hybridized carbons (Fsp3) is 0. The molecule has 0 saturated carbocycles. The van der Waals surface area contributed by atoms with Gasteiger partial charge in [-0.3, -0.25) is 4.79 Å². The molecular weight excluding hydrogens is 295 g/mol. The monoisotopic (exact) mass is 300 g/mol. The van der Waals surface area contributed by atoms with Crippen molar-refractivity contribution in [3.05, 3.63) is 45.8 Å². The quantitative estimate of drug-likeness (QED) is 0.909. The molecule has 0 saturated heterocycles. The number of amides is 1. The molecule has 0 atom stereocenters. The molecule has 2 rings (SSSR count). The number of hydrogen-bond donors (Lipinski definition) is 2. The number of carboxylic acid groups (broad SMARTS) is 1. The fourth-order valence-corrected chi connectivity index (χ4v) is 1.60. The van der Waals surface area contributed by atoms with Crippen LogP contribution in [0.1, 0.15) is 21.0 Å². The highest BCUT2D eigenvalue weighted by atomic mass is 35.5. The first-order valence-electron chi connectivity index (χ1n) is 4.94. The summed E-state index contributed by atoms with van der Waals surface area (Å²) in [4.78, 5) is 22.4. The topological polar surface area (TPSA) is 92.4 Å². The summed E-state index contributed by atoms with van der Waals surface area (Å²) in [7, 11) is 0. The Bertz CT molecular complexity index is 654. The molecule has 1 aromatic heterocycles. The molecule has 0 radical (unpaired) electrons. The molecule has 19 heavy (non-hydrogen) atoms. The predicted molar refractivity (Wildman–Crippen MR) is 67.9 cm³/mol. The van der Waals surface area contributed by atoms with Crippen molar-refractivity contribution in [3.8, 4) is 0 Å². The Labute approximate surface area is 116 Å².